The minimum atomic E-state index is -0.830. The van der Waals surface area contributed by atoms with Crippen molar-refractivity contribution in [3.05, 3.63) is 95.6 Å². The van der Waals surface area contributed by atoms with Gasteiger partial charge in [0.25, 0.3) is 0 Å². The molecule has 0 spiro atoms. The molecule has 0 saturated carbocycles. The molecule has 0 amide bonds. The number of hydrogen-bond acceptors (Lipinski definition) is 3. The number of ether oxygens (including phenoxy) is 2. The minimum absolute atomic E-state index is 0.413. The molecule has 0 aliphatic rings. The van der Waals surface area contributed by atoms with E-state index < -0.39 is 11.9 Å². The number of aryl methyl sites for hydroxylation is 1. The fourth-order valence-electron chi connectivity index (χ4n) is 2.98. The molecule has 4 heteroatoms. The molecule has 4 nitrogen and oxygen atoms in total. The van der Waals surface area contributed by atoms with Crippen LogP contribution in [0.3, 0.4) is 0 Å². The minimum Gasteiger partial charge on any atom is -0.490 e. The van der Waals surface area contributed by atoms with Crippen molar-refractivity contribution in [2.75, 3.05) is 13.2 Å². The first-order valence-electron chi connectivity index (χ1n) is 9.31. The van der Waals surface area contributed by atoms with Gasteiger partial charge in [-0.3, -0.25) is 4.79 Å². The maximum atomic E-state index is 11.7. The number of hydrogen-bond donors (Lipinski definition) is 1. The average Bonchev–Trinajstić information content (AvgIpc) is 2.71. The first-order valence-corrected chi connectivity index (χ1v) is 9.31. The molecule has 3 aromatic rings. The standard InChI is InChI=1S/C24H24O4/c1-18-10-12-21(13-11-18)27-14-15-28-22-9-5-6-19(16-22)17-23(24(25)26)20-7-3-2-4-8-20/h2-13,16,23H,14-15,17H2,1H3,(H,25,26). The molecule has 1 atom stereocenters. The highest BCUT2D eigenvalue weighted by Gasteiger charge is 2.20. The van der Waals surface area contributed by atoms with Crippen LogP contribution < -0.4 is 9.47 Å². The molecule has 0 heterocycles. The normalized spacial score (nSPS) is 11.6. The van der Waals surface area contributed by atoms with Crippen molar-refractivity contribution in [1.82, 2.24) is 0 Å². The molecule has 3 rings (SSSR count). The number of benzene rings is 3. The van der Waals surface area contributed by atoms with Crippen molar-refractivity contribution in [2.45, 2.75) is 19.3 Å². The second kappa shape index (κ2) is 9.60. The van der Waals surface area contributed by atoms with Gasteiger partial charge in [-0.1, -0.05) is 60.2 Å². The molecule has 3 aromatic carbocycles. The number of carboxylic acids is 1. The van der Waals surface area contributed by atoms with E-state index in [-0.39, 0.29) is 0 Å². The predicted molar refractivity (Wildman–Crippen MR) is 109 cm³/mol. The summed E-state index contributed by atoms with van der Waals surface area (Å²) >= 11 is 0. The van der Waals surface area contributed by atoms with Crippen molar-refractivity contribution in [3.63, 3.8) is 0 Å². The Morgan fingerprint density at radius 3 is 2.21 bits per heavy atom. The first kappa shape index (κ1) is 19.5. The van der Waals surface area contributed by atoms with Crippen molar-refractivity contribution in [1.29, 1.82) is 0 Å². The Labute approximate surface area is 165 Å². The van der Waals surface area contributed by atoms with Crippen molar-refractivity contribution in [2.24, 2.45) is 0 Å². The first-order chi connectivity index (χ1) is 13.6. The molecule has 28 heavy (non-hydrogen) atoms. The second-order valence-corrected chi connectivity index (χ2v) is 6.66. The fourth-order valence-corrected chi connectivity index (χ4v) is 2.98. The lowest BCUT2D eigenvalue weighted by Gasteiger charge is -2.14. The van der Waals surface area contributed by atoms with Crippen LogP contribution in [0, 0.1) is 6.92 Å². The topological polar surface area (TPSA) is 55.8 Å². The van der Waals surface area contributed by atoms with Gasteiger partial charge in [0.05, 0.1) is 5.92 Å². The molecular weight excluding hydrogens is 352 g/mol. The van der Waals surface area contributed by atoms with E-state index in [9.17, 15) is 9.90 Å². The number of carboxylic acid groups (broad SMARTS) is 1. The van der Waals surface area contributed by atoms with Gasteiger partial charge >= 0.3 is 5.97 Å². The van der Waals surface area contributed by atoms with Crippen LogP contribution in [0.5, 0.6) is 11.5 Å². The fraction of sp³-hybridized carbons (Fsp3) is 0.208. The van der Waals surface area contributed by atoms with Crippen LogP contribution in [-0.2, 0) is 11.2 Å². The lowest BCUT2D eigenvalue weighted by molar-refractivity contribution is -0.138. The summed E-state index contributed by atoms with van der Waals surface area (Å²) in [5, 5.41) is 9.61. The van der Waals surface area contributed by atoms with Gasteiger partial charge in [-0.15, -0.1) is 0 Å². The summed E-state index contributed by atoms with van der Waals surface area (Å²) in [6, 6.07) is 24.8. The van der Waals surface area contributed by atoms with E-state index in [1.165, 1.54) is 5.56 Å². The van der Waals surface area contributed by atoms with Gasteiger partial charge in [0, 0.05) is 0 Å². The summed E-state index contributed by atoms with van der Waals surface area (Å²) in [6.07, 6.45) is 0.413. The zero-order valence-corrected chi connectivity index (χ0v) is 15.9. The molecule has 1 N–H and O–H groups in total. The highest BCUT2D eigenvalue weighted by molar-refractivity contribution is 5.76. The molecule has 144 valence electrons. The van der Waals surface area contributed by atoms with Gasteiger partial charge in [-0.2, -0.15) is 0 Å². The van der Waals surface area contributed by atoms with Crippen LogP contribution in [0.25, 0.3) is 0 Å². The molecular formula is C24H24O4. The Morgan fingerprint density at radius 2 is 1.54 bits per heavy atom. The number of aliphatic carboxylic acids is 1. The van der Waals surface area contributed by atoms with E-state index in [0.29, 0.717) is 25.4 Å². The molecule has 0 aliphatic carbocycles. The molecule has 0 fully saturated rings. The lowest BCUT2D eigenvalue weighted by Crippen LogP contribution is -2.14. The largest absolute Gasteiger partial charge is 0.490 e. The SMILES string of the molecule is Cc1ccc(OCCOc2cccc(CC(C(=O)O)c3ccccc3)c2)cc1. The molecule has 0 saturated heterocycles. The highest BCUT2D eigenvalue weighted by atomic mass is 16.5. The summed E-state index contributed by atoms with van der Waals surface area (Å²) in [5.41, 5.74) is 2.91. The van der Waals surface area contributed by atoms with Gasteiger partial charge in [-0.05, 0) is 48.7 Å². The van der Waals surface area contributed by atoms with Crippen LogP contribution >= 0.6 is 0 Å². The summed E-state index contributed by atoms with van der Waals surface area (Å²) in [7, 11) is 0. The summed E-state index contributed by atoms with van der Waals surface area (Å²) < 4.78 is 11.4. The Balaban J connectivity index is 1.55. The van der Waals surface area contributed by atoms with Gasteiger partial charge in [0.2, 0.25) is 0 Å². The van der Waals surface area contributed by atoms with Gasteiger partial charge in [0.1, 0.15) is 24.7 Å². The quantitative estimate of drug-likeness (QED) is 0.542. The summed E-state index contributed by atoms with van der Waals surface area (Å²) in [6.45, 7) is 2.89. The van der Waals surface area contributed by atoms with E-state index in [4.69, 9.17) is 9.47 Å². The molecule has 0 aromatic heterocycles. The molecule has 0 aliphatic heterocycles. The van der Waals surface area contributed by atoms with Crippen LogP contribution in [0.15, 0.2) is 78.9 Å². The lowest BCUT2D eigenvalue weighted by atomic mass is 9.92. The van der Waals surface area contributed by atoms with Crippen LogP contribution in [0.4, 0.5) is 0 Å². The van der Waals surface area contributed by atoms with Gasteiger partial charge < -0.3 is 14.6 Å². The third kappa shape index (κ3) is 5.61. The summed E-state index contributed by atoms with van der Waals surface area (Å²) in [5.74, 6) is 0.114. The zero-order valence-electron chi connectivity index (χ0n) is 15.9. The van der Waals surface area contributed by atoms with Crippen LogP contribution in [-0.4, -0.2) is 24.3 Å². The van der Waals surface area contributed by atoms with E-state index in [2.05, 4.69) is 0 Å². The second-order valence-electron chi connectivity index (χ2n) is 6.66. The van der Waals surface area contributed by atoms with Gasteiger partial charge in [0.15, 0.2) is 0 Å². The molecule has 1 unspecified atom stereocenters. The third-order valence-electron chi connectivity index (χ3n) is 4.48. The monoisotopic (exact) mass is 376 g/mol. The Hall–Kier alpha value is -3.27. The molecule has 0 radical (unpaired) electrons. The Kier molecular flexibility index (Phi) is 6.68. The smallest absolute Gasteiger partial charge is 0.311 e. The van der Waals surface area contributed by atoms with Crippen molar-refractivity contribution < 1.29 is 19.4 Å². The van der Waals surface area contributed by atoms with E-state index in [1.54, 1.807) is 0 Å². The number of carbonyl (C=O) groups is 1. The van der Waals surface area contributed by atoms with Crippen molar-refractivity contribution >= 4 is 5.97 Å². The van der Waals surface area contributed by atoms with E-state index >= 15 is 0 Å². The predicted octanol–water partition coefficient (Wildman–Crippen LogP) is 4.86. The van der Waals surface area contributed by atoms with E-state index in [1.807, 2.05) is 85.8 Å². The third-order valence-corrected chi connectivity index (χ3v) is 4.48. The highest BCUT2D eigenvalue weighted by Crippen LogP contribution is 2.23. The van der Waals surface area contributed by atoms with Crippen molar-refractivity contribution in [3.8, 4) is 11.5 Å². The Bertz CT molecular complexity index is 888. The zero-order chi connectivity index (χ0) is 19.8. The van der Waals surface area contributed by atoms with Gasteiger partial charge in [-0.25, -0.2) is 0 Å². The van der Waals surface area contributed by atoms with Crippen LogP contribution in [0.1, 0.15) is 22.6 Å². The maximum absolute atomic E-state index is 11.7. The van der Waals surface area contributed by atoms with Crippen LogP contribution in [0.2, 0.25) is 0 Å². The average molecular weight is 376 g/mol. The summed E-state index contributed by atoms with van der Waals surface area (Å²) in [4.78, 5) is 11.7. The number of rotatable bonds is 9. The van der Waals surface area contributed by atoms with E-state index in [0.717, 1.165) is 16.9 Å². The maximum Gasteiger partial charge on any atom is 0.311 e. The molecule has 0 bridgehead atoms. The Morgan fingerprint density at radius 1 is 0.857 bits per heavy atom.